The van der Waals surface area contributed by atoms with Crippen LogP contribution in [-0.2, 0) is 6.42 Å². The quantitative estimate of drug-likeness (QED) is 0.863. The highest BCUT2D eigenvalue weighted by atomic mass is 35.5. The van der Waals surface area contributed by atoms with Crippen LogP contribution in [0.3, 0.4) is 0 Å². The molecule has 0 amide bonds. The van der Waals surface area contributed by atoms with E-state index in [0.717, 1.165) is 17.2 Å². The number of aryl methyl sites for hydroxylation is 1. The second-order valence-electron chi connectivity index (χ2n) is 4.91. The molecule has 1 unspecified atom stereocenters. The minimum atomic E-state index is -0.354. The van der Waals surface area contributed by atoms with Crippen molar-refractivity contribution in [1.82, 2.24) is 0 Å². The van der Waals surface area contributed by atoms with Crippen LogP contribution in [0.5, 0.6) is 0 Å². The van der Waals surface area contributed by atoms with Gasteiger partial charge in [-0.3, -0.25) is 0 Å². The zero-order chi connectivity index (χ0) is 14.3. The van der Waals surface area contributed by atoms with Gasteiger partial charge in [0.05, 0.1) is 22.0 Å². The molecule has 1 aromatic heterocycles. The fourth-order valence-corrected chi connectivity index (χ4v) is 3.92. The van der Waals surface area contributed by atoms with E-state index in [-0.39, 0.29) is 11.9 Å². The van der Waals surface area contributed by atoms with Gasteiger partial charge in [0.1, 0.15) is 5.82 Å². The summed E-state index contributed by atoms with van der Waals surface area (Å²) in [6.45, 7) is 1.72. The summed E-state index contributed by atoms with van der Waals surface area (Å²) in [5, 5.41) is 12.3. The highest BCUT2D eigenvalue weighted by Gasteiger charge is 2.25. The Labute approximate surface area is 125 Å². The van der Waals surface area contributed by atoms with Crippen molar-refractivity contribution in [3.8, 4) is 6.07 Å². The average Bonchev–Trinajstić information content (AvgIpc) is 2.95. The maximum absolute atomic E-state index is 13.8. The number of halogens is 2. The molecule has 0 aliphatic heterocycles. The van der Waals surface area contributed by atoms with E-state index in [4.69, 9.17) is 16.9 Å². The van der Waals surface area contributed by atoms with E-state index < -0.39 is 0 Å². The number of hydrogen-bond acceptors (Lipinski definition) is 3. The molecule has 102 valence electrons. The van der Waals surface area contributed by atoms with Gasteiger partial charge in [0.15, 0.2) is 0 Å². The van der Waals surface area contributed by atoms with Crippen molar-refractivity contribution in [2.45, 2.75) is 25.8 Å². The van der Waals surface area contributed by atoms with Crippen molar-refractivity contribution in [2.75, 3.05) is 5.32 Å². The monoisotopic (exact) mass is 306 g/mol. The number of anilines is 1. The number of rotatable bonds is 2. The SMILES string of the molecule is Cc1c(F)cc(C#N)cc1NC1CCc2sc(Cl)cc21. The smallest absolute Gasteiger partial charge is 0.129 e. The maximum Gasteiger partial charge on any atom is 0.129 e. The lowest BCUT2D eigenvalue weighted by atomic mass is 10.1. The van der Waals surface area contributed by atoms with Gasteiger partial charge in [-0.1, -0.05) is 11.6 Å². The van der Waals surface area contributed by atoms with Crippen molar-refractivity contribution in [3.05, 3.63) is 49.9 Å². The summed E-state index contributed by atoms with van der Waals surface area (Å²) >= 11 is 7.64. The van der Waals surface area contributed by atoms with Gasteiger partial charge >= 0.3 is 0 Å². The topological polar surface area (TPSA) is 35.8 Å². The summed E-state index contributed by atoms with van der Waals surface area (Å²) in [6.07, 6.45) is 1.96. The number of thiophene rings is 1. The first-order chi connectivity index (χ1) is 9.58. The minimum Gasteiger partial charge on any atom is -0.378 e. The Hall–Kier alpha value is -1.57. The fourth-order valence-electron chi connectivity index (χ4n) is 2.56. The Balaban J connectivity index is 1.93. The van der Waals surface area contributed by atoms with Crippen molar-refractivity contribution >= 4 is 28.6 Å². The van der Waals surface area contributed by atoms with Crippen molar-refractivity contribution in [2.24, 2.45) is 0 Å². The predicted octanol–water partition coefficient (Wildman–Crippen LogP) is 4.82. The number of fused-ring (bicyclic) bond motifs is 1. The van der Waals surface area contributed by atoms with Crippen LogP contribution in [0.1, 0.15) is 34.0 Å². The van der Waals surface area contributed by atoms with Gasteiger partial charge in [-0.05, 0) is 43.5 Å². The molecule has 20 heavy (non-hydrogen) atoms. The molecule has 2 aromatic rings. The summed E-state index contributed by atoms with van der Waals surface area (Å²) in [6, 6.07) is 7.07. The van der Waals surface area contributed by atoms with Gasteiger partial charge in [-0.2, -0.15) is 5.26 Å². The van der Waals surface area contributed by atoms with Crippen molar-refractivity contribution in [1.29, 1.82) is 5.26 Å². The van der Waals surface area contributed by atoms with Crippen LogP contribution in [0.15, 0.2) is 18.2 Å². The third-order valence-corrected chi connectivity index (χ3v) is 4.99. The molecule has 0 saturated carbocycles. The highest BCUT2D eigenvalue weighted by Crippen LogP contribution is 2.41. The van der Waals surface area contributed by atoms with Crippen LogP contribution in [0.4, 0.5) is 10.1 Å². The Bertz CT molecular complexity index is 717. The number of hydrogen-bond donors (Lipinski definition) is 1. The fraction of sp³-hybridized carbons (Fsp3) is 0.267. The van der Waals surface area contributed by atoms with E-state index in [1.807, 2.05) is 12.1 Å². The van der Waals surface area contributed by atoms with E-state index in [1.54, 1.807) is 24.3 Å². The van der Waals surface area contributed by atoms with Gasteiger partial charge in [0.2, 0.25) is 0 Å². The second-order valence-corrected chi connectivity index (χ2v) is 6.68. The molecule has 0 bridgehead atoms. The lowest BCUT2D eigenvalue weighted by Crippen LogP contribution is -2.08. The molecule has 5 heteroatoms. The summed E-state index contributed by atoms with van der Waals surface area (Å²) < 4.78 is 14.6. The third-order valence-electron chi connectivity index (χ3n) is 3.65. The molecule has 2 nitrogen and oxygen atoms in total. The Morgan fingerprint density at radius 3 is 3.00 bits per heavy atom. The largest absolute Gasteiger partial charge is 0.378 e. The Morgan fingerprint density at radius 1 is 1.45 bits per heavy atom. The van der Waals surface area contributed by atoms with Crippen LogP contribution in [0.25, 0.3) is 0 Å². The van der Waals surface area contributed by atoms with Crippen LogP contribution in [0.2, 0.25) is 4.34 Å². The van der Waals surface area contributed by atoms with E-state index in [2.05, 4.69) is 5.32 Å². The van der Waals surface area contributed by atoms with Gasteiger partial charge in [0.25, 0.3) is 0 Å². The number of nitrogens with zero attached hydrogens (tertiary/aromatic N) is 1. The van der Waals surface area contributed by atoms with Gasteiger partial charge < -0.3 is 5.32 Å². The molecule has 0 saturated heterocycles. The highest BCUT2D eigenvalue weighted by molar-refractivity contribution is 7.16. The Kier molecular flexibility index (Phi) is 3.41. The molecule has 0 fully saturated rings. The second kappa shape index (κ2) is 5.08. The lowest BCUT2D eigenvalue weighted by molar-refractivity contribution is 0.617. The molecule has 1 aliphatic rings. The third kappa shape index (κ3) is 2.28. The van der Waals surface area contributed by atoms with Gasteiger partial charge in [-0.25, -0.2) is 4.39 Å². The van der Waals surface area contributed by atoms with E-state index in [9.17, 15) is 4.39 Å². The van der Waals surface area contributed by atoms with Crippen molar-refractivity contribution < 1.29 is 4.39 Å². The van der Waals surface area contributed by atoms with E-state index in [1.165, 1.54) is 16.5 Å². The lowest BCUT2D eigenvalue weighted by Gasteiger charge is -2.17. The predicted molar refractivity (Wildman–Crippen MR) is 79.9 cm³/mol. The number of nitriles is 1. The first-order valence-electron chi connectivity index (χ1n) is 6.33. The molecule has 0 spiro atoms. The summed E-state index contributed by atoms with van der Waals surface area (Å²) in [7, 11) is 0. The number of nitrogens with one attached hydrogen (secondary N) is 1. The zero-order valence-corrected chi connectivity index (χ0v) is 12.4. The molecular formula is C15H12ClFN2S. The molecule has 1 aliphatic carbocycles. The molecule has 1 aromatic carbocycles. The molecule has 1 atom stereocenters. The summed E-state index contributed by atoms with van der Waals surface area (Å²) in [5.74, 6) is -0.354. The van der Waals surface area contributed by atoms with Crippen LogP contribution in [-0.4, -0.2) is 0 Å². The van der Waals surface area contributed by atoms with Crippen molar-refractivity contribution in [3.63, 3.8) is 0 Å². The Morgan fingerprint density at radius 2 is 2.25 bits per heavy atom. The standard InChI is InChI=1S/C15H12ClFN2S/c1-8-11(17)4-9(7-18)5-13(8)19-12-2-3-14-10(12)6-15(16)20-14/h4-6,12,19H,2-3H2,1H3. The van der Waals surface area contributed by atoms with Gasteiger partial charge in [-0.15, -0.1) is 11.3 Å². The molecule has 1 N–H and O–H groups in total. The van der Waals surface area contributed by atoms with Crippen LogP contribution >= 0.6 is 22.9 Å². The first-order valence-corrected chi connectivity index (χ1v) is 7.53. The maximum atomic E-state index is 13.8. The van der Waals surface area contributed by atoms with Crippen LogP contribution in [0, 0.1) is 24.1 Å². The first kappa shape index (κ1) is 13.4. The van der Waals surface area contributed by atoms with Crippen LogP contribution < -0.4 is 5.32 Å². The van der Waals surface area contributed by atoms with E-state index in [0.29, 0.717) is 16.8 Å². The molecule has 0 radical (unpaired) electrons. The molecule has 3 rings (SSSR count). The average molecular weight is 307 g/mol. The molecular weight excluding hydrogens is 295 g/mol. The minimum absolute atomic E-state index is 0.140. The summed E-state index contributed by atoms with van der Waals surface area (Å²) in [5.41, 5.74) is 2.75. The number of benzene rings is 1. The van der Waals surface area contributed by atoms with E-state index >= 15 is 0 Å². The summed E-state index contributed by atoms with van der Waals surface area (Å²) in [4.78, 5) is 1.29. The normalized spacial score (nSPS) is 16.8. The van der Waals surface area contributed by atoms with Gasteiger partial charge in [0, 0.05) is 16.1 Å². The zero-order valence-electron chi connectivity index (χ0n) is 10.8. The molecule has 1 heterocycles.